The molecular formula is C14H19NO3S. The van der Waals surface area contributed by atoms with Crippen molar-refractivity contribution in [3.63, 3.8) is 0 Å². The summed E-state index contributed by atoms with van der Waals surface area (Å²) >= 11 is 1.77. The predicted octanol–water partition coefficient (Wildman–Crippen LogP) is 2.58. The Labute approximate surface area is 117 Å². The van der Waals surface area contributed by atoms with Gasteiger partial charge in [-0.25, -0.2) is 0 Å². The number of nitrogens with one attached hydrogen (secondary N) is 1. The normalized spacial score (nSPS) is 17.6. The summed E-state index contributed by atoms with van der Waals surface area (Å²) in [4.78, 5) is 24.2. The number of carbonyl (C=O) groups is 2. The van der Waals surface area contributed by atoms with Crippen molar-refractivity contribution in [2.75, 3.05) is 7.11 Å². The van der Waals surface area contributed by atoms with Crippen molar-refractivity contribution < 1.29 is 14.3 Å². The Bertz CT molecular complexity index is 455. The Morgan fingerprint density at radius 2 is 2.32 bits per heavy atom. The van der Waals surface area contributed by atoms with Gasteiger partial charge in [-0.15, -0.1) is 11.3 Å². The van der Waals surface area contributed by atoms with E-state index in [1.165, 1.54) is 17.6 Å². The second kappa shape index (κ2) is 6.70. The summed E-state index contributed by atoms with van der Waals surface area (Å²) in [7, 11) is 1.36. The monoisotopic (exact) mass is 281 g/mol. The minimum absolute atomic E-state index is 0.0213. The molecule has 0 saturated carbocycles. The fourth-order valence-corrected chi connectivity index (χ4v) is 3.39. The SMILES string of the molecule is COC(=O)CCCC(=O)N[C@@H]1CCCc2sccc21. The molecule has 1 aliphatic rings. The van der Waals surface area contributed by atoms with Gasteiger partial charge in [0.2, 0.25) is 5.91 Å². The largest absolute Gasteiger partial charge is 0.469 e. The lowest BCUT2D eigenvalue weighted by atomic mass is 9.94. The lowest BCUT2D eigenvalue weighted by Crippen LogP contribution is -2.30. The number of aryl methyl sites for hydroxylation is 1. The number of rotatable bonds is 5. The molecule has 1 N–H and O–H groups in total. The molecule has 0 saturated heterocycles. The van der Waals surface area contributed by atoms with Gasteiger partial charge in [0, 0.05) is 17.7 Å². The molecule has 1 heterocycles. The summed E-state index contributed by atoms with van der Waals surface area (Å²) in [5.74, 6) is -0.237. The minimum atomic E-state index is -0.259. The molecule has 1 amide bonds. The molecule has 0 unspecified atom stereocenters. The molecule has 1 aliphatic carbocycles. The maximum Gasteiger partial charge on any atom is 0.305 e. The number of amides is 1. The van der Waals surface area contributed by atoms with Gasteiger partial charge in [-0.3, -0.25) is 9.59 Å². The maximum atomic E-state index is 11.9. The molecule has 0 aromatic carbocycles. The van der Waals surface area contributed by atoms with Crippen LogP contribution in [-0.4, -0.2) is 19.0 Å². The van der Waals surface area contributed by atoms with Gasteiger partial charge in [-0.2, -0.15) is 0 Å². The zero-order valence-corrected chi connectivity index (χ0v) is 11.9. The smallest absolute Gasteiger partial charge is 0.305 e. The quantitative estimate of drug-likeness (QED) is 0.844. The first-order chi connectivity index (χ1) is 9.20. The van der Waals surface area contributed by atoms with E-state index >= 15 is 0 Å². The van der Waals surface area contributed by atoms with Gasteiger partial charge in [-0.05, 0) is 42.7 Å². The zero-order valence-electron chi connectivity index (χ0n) is 11.1. The number of thiophene rings is 1. The number of methoxy groups -OCH3 is 1. The van der Waals surface area contributed by atoms with Crippen LogP contribution in [0.5, 0.6) is 0 Å². The molecule has 0 radical (unpaired) electrons. The van der Waals surface area contributed by atoms with Gasteiger partial charge in [0.05, 0.1) is 13.2 Å². The Kier molecular flexibility index (Phi) is 4.96. The van der Waals surface area contributed by atoms with Crippen molar-refractivity contribution in [1.82, 2.24) is 5.32 Å². The van der Waals surface area contributed by atoms with E-state index in [4.69, 9.17) is 0 Å². The summed E-state index contributed by atoms with van der Waals surface area (Å²) in [6.07, 6.45) is 4.49. The van der Waals surface area contributed by atoms with Crippen LogP contribution in [0.25, 0.3) is 0 Å². The van der Waals surface area contributed by atoms with Crippen molar-refractivity contribution in [2.24, 2.45) is 0 Å². The average Bonchev–Trinajstić information content (AvgIpc) is 2.88. The standard InChI is InChI=1S/C14H19NO3S/c1-18-14(17)7-3-6-13(16)15-11-4-2-5-12-10(11)8-9-19-12/h8-9,11H,2-7H2,1H3,(H,15,16)/t11-/m1/s1. The van der Waals surface area contributed by atoms with Gasteiger partial charge in [-0.1, -0.05) is 0 Å². The number of hydrogen-bond donors (Lipinski definition) is 1. The zero-order chi connectivity index (χ0) is 13.7. The van der Waals surface area contributed by atoms with E-state index in [9.17, 15) is 9.59 Å². The first kappa shape index (κ1) is 14.1. The number of fused-ring (bicyclic) bond motifs is 1. The lowest BCUT2D eigenvalue weighted by Gasteiger charge is -2.23. The van der Waals surface area contributed by atoms with Crippen molar-refractivity contribution >= 4 is 23.2 Å². The molecule has 104 valence electrons. The van der Waals surface area contributed by atoms with Gasteiger partial charge in [0.15, 0.2) is 0 Å². The Morgan fingerprint density at radius 3 is 3.11 bits per heavy atom. The molecule has 19 heavy (non-hydrogen) atoms. The van der Waals surface area contributed by atoms with Crippen molar-refractivity contribution in [3.8, 4) is 0 Å². The number of esters is 1. The lowest BCUT2D eigenvalue weighted by molar-refractivity contribution is -0.140. The van der Waals surface area contributed by atoms with Gasteiger partial charge in [0.25, 0.3) is 0 Å². The summed E-state index contributed by atoms with van der Waals surface area (Å²) in [6, 6.07) is 2.26. The van der Waals surface area contributed by atoms with E-state index in [1.54, 1.807) is 11.3 Å². The highest BCUT2D eigenvalue weighted by Gasteiger charge is 2.22. The molecule has 1 aromatic rings. The predicted molar refractivity (Wildman–Crippen MR) is 74.0 cm³/mol. The Hall–Kier alpha value is -1.36. The molecule has 0 aliphatic heterocycles. The molecule has 5 heteroatoms. The number of carbonyl (C=O) groups excluding carboxylic acids is 2. The van der Waals surface area contributed by atoms with E-state index < -0.39 is 0 Å². The molecule has 1 atom stereocenters. The summed E-state index contributed by atoms with van der Waals surface area (Å²) < 4.78 is 4.55. The summed E-state index contributed by atoms with van der Waals surface area (Å²) in [6.45, 7) is 0. The highest BCUT2D eigenvalue weighted by atomic mass is 32.1. The highest BCUT2D eigenvalue weighted by molar-refractivity contribution is 7.10. The molecule has 4 nitrogen and oxygen atoms in total. The van der Waals surface area contributed by atoms with Crippen LogP contribution in [0.1, 0.15) is 48.6 Å². The number of ether oxygens (including phenoxy) is 1. The maximum absolute atomic E-state index is 11.9. The third-order valence-corrected chi connectivity index (χ3v) is 4.40. The van der Waals surface area contributed by atoms with Crippen LogP contribution in [0, 0.1) is 0 Å². The van der Waals surface area contributed by atoms with Crippen LogP contribution >= 0.6 is 11.3 Å². The molecule has 1 aromatic heterocycles. The van der Waals surface area contributed by atoms with E-state index in [0.717, 1.165) is 19.3 Å². The van der Waals surface area contributed by atoms with Crippen molar-refractivity contribution in [1.29, 1.82) is 0 Å². The first-order valence-electron chi connectivity index (χ1n) is 6.63. The first-order valence-corrected chi connectivity index (χ1v) is 7.51. The third-order valence-electron chi connectivity index (χ3n) is 3.40. The average molecular weight is 281 g/mol. The summed E-state index contributed by atoms with van der Waals surface area (Å²) in [5.41, 5.74) is 1.28. The van der Waals surface area contributed by atoms with Crippen LogP contribution in [0.4, 0.5) is 0 Å². The van der Waals surface area contributed by atoms with Crippen LogP contribution in [0.15, 0.2) is 11.4 Å². The molecular weight excluding hydrogens is 262 g/mol. The van der Waals surface area contributed by atoms with Crippen molar-refractivity contribution in [3.05, 3.63) is 21.9 Å². The second-order valence-corrected chi connectivity index (χ2v) is 5.74. The minimum Gasteiger partial charge on any atom is -0.469 e. The van der Waals surface area contributed by atoms with Crippen LogP contribution < -0.4 is 5.32 Å². The Balaban J connectivity index is 1.79. The molecule has 2 rings (SSSR count). The molecule has 0 bridgehead atoms. The van der Waals surface area contributed by atoms with E-state index in [1.807, 2.05) is 0 Å². The fraction of sp³-hybridized carbons (Fsp3) is 0.571. The van der Waals surface area contributed by atoms with Gasteiger partial charge in [0.1, 0.15) is 0 Å². The van der Waals surface area contributed by atoms with Gasteiger partial charge >= 0.3 is 5.97 Å². The van der Waals surface area contributed by atoms with Crippen LogP contribution in [0.3, 0.4) is 0 Å². The van der Waals surface area contributed by atoms with Crippen molar-refractivity contribution in [2.45, 2.75) is 44.6 Å². The fourth-order valence-electron chi connectivity index (χ4n) is 2.40. The topological polar surface area (TPSA) is 55.4 Å². The molecule has 0 fully saturated rings. The molecule has 0 spiro atoms. The summed E-state index contributed by atoms with van der Waals surface area (Å²) in [5, 5.41) is 5.16. The van der Waals surface area contributed by atoms with Crippen LogP contribution in [-0.2, 0) is 20.7 Å². The van der Waals surface area contributed by atoms with E-state index in [0.29, 0.717) is 19.3 Å². The van der Waals surface area contributed by atoms with E-state index in [-0.39, 0.29) is 17.9 Å². The number of hydrogen-bond acceptors (Lipinski definition) is 4. The second-order valence-electron chi connectivity index (χ2n) is 4.74. The third kappa shape index (κ3) is 3.80. The Morgan fingerprint density at radius 1 is 1.47 bits per heavy atom. The van der Waals surface area contributed by atoms with E-state index in [2.05, 4.69) is 21.5 Å². The van der Waals surface area contributed by atoms with Crippen LogP contribution in [0.2, 0.25) is 0 Å². The van der Waals surface area contributed by atoms with Gasteiger partial charge < -0.3 is 10.1 Å². The highest BCUT2D eigenvalue weighted by Crippen LogP contribution is 2.33.